The number of benzene rings is 2. The van der Waals surface area contributed by atoms with Crippen LogP contribution in [0.15, 0.2) is 48.5 Å². The minimum absolute atomic E-state index is 0.0574. The lowest BCUT2D eigenvalue weighted by Crippen LogP contribution is -2.32. The van der Waals surface area contributed by atoms with Crippen molar-refractivity contribution < 1.29 is 13.6 Å². The van der Waals surface area contributed by atoms with Crippen LogP contribution in [0.5, 0.6) is 0 Å². The fraction of sp³-hybridized carbons (Fsp3) is 0.0588. The van der Waals surface area contributed by atoms with Gasteiger partial charge in [-0.15, -0.1) is 0 Å². The van der Waals surface area contributed by atoms with Crippen molar-refractivity contribution in [2.45, 2.75) is 6.92 Å². The highest BCUT2D eigenvalue weighted by Gasteiger charge is 2.04. The third-order valence-electron chi connectivity index (χ3n) is 2.96. The quantitative estimate of drug-likeness (QED) is 0.663. The molecule has 0 unspecified atom stereocenters. The van der Waals surface area contributed by atoms with Crippen LogP contribution in [0.25, 0.3) is 6.08 Å². The molecule has 0 saturated carbocycles. The van der Waals surface area contributed by atoms with Crippen molar-refractivity contribution in [3.8, 4) is 0 Å². The molecule has 0 aromatic heterocycles. The molecule has 0 saturated heterocycles. The summed E-state index contributed by atoms with van der Waals surface area (Å²) in [6.07, 6.45) is 2.81. The second-order valence-corrected chi connectivity index (χ2v) is 5.20. The maximum Gasteiger partial charge on any atom is 0.250 e. The SMILES string of the molecule is Cc1ccc(NC(=S)NC(=O)C=Cc2ccc(F)cc2)cc1F. The minimum Gasteiger partial charge on any atom is -0.332 e. The van der Waals surface area contributed by atoms with E-state index in [0.717, 1.165) is 0 Å². The van der Waals surface area contributed by atoms with Gasteiger partial charge in [-0.3, -0.25) is 10.1 Å². The van der Waals surface area contributed by atoms with Gasteiger partial charge in [-0.25, -0.2) is 8.78 Å². The zero-order valence-corrected chi connectivity index (χ0v) is 13.1. The zero-order chi connectivity index (χ0) is 16.8. The van der Waals surface area contributed by atoms with E-state index < -0.39 is 5.91 Å². The molecule has 0 spiro atoms. The van der Waals surface area contributed by atoms with Crippen molar-refractivity contribution in [2.75, 3.05) is 5.32 Å². The molecule has 2 rings (SSSR count). The first-order valence-electron chi connectivity index (χ1n) is 6.76. The van der Waals surface area contributed by atoms with Crippen molar-refractivity contribution in [2.24, 2.45) is 0 Å². The standard InChI is InChI=1S/C17H14F2N2OS/c1-11-2-8-14(10-15(11)19)20-17(23)21-16(22)9-5-12-3-6-13(18)7-4-12/h2-10H,1H3,(H2,20,21,22,23). The normalized spacial score (nSPS) is 10.6. The van der Waals surface area contributed by atoms with E-state index in [1.807, 2.05) is 0 Å². The number of aryl methyl sites for hydroxylation is 1. The van der Waals surface area contributed by atoms with Gasteiger partial charge in [-0.1, -0.05) is 18.2 Å². The molecule has 23 heavy (non-hydrogen) atoms. The maximum atomic E-state index is 13.4. The van der Waals surface area contributed by atoms with Crippen LogP contribution in [-0.2, 0) is 4.79 Å². The van der Waals surface area contributed by atoms with E-state index in [1.54, 1.807) is 31.2 Å². The van der Waals surface area contributed by atoms with E-state index >= 15 is 0 Å². The van der Waals surface area contributed by atoms with E-state index in [9.17, 15) is 13.6 Å². The van der Waals surface area contributed by atoms with Crippen LogP contribution in [0.2, 0.25) is 0 Å². The van der Waals surface area contributed by atoms with Gasteiger partial charge in [0, 0.05) is 11.8 Å². The number of halogens is 2. The number of carbonyl (C=O) groups is 1. The minimum atomic E-state index is -0.445. The molecule has 0 aliphatic rings. The molecule has 0 fully saturated rings. The van der Waals surface area contributed by atoms with E-state index in [1.165, 1.54) is 30.4 Å². The summed E-state index contributed by atoms with van der Waals surface area (Å²) >= 11 is 4.99. The van der Waals surface area contributed by atoms with Crippen molar-refractivity contribution in [3.63, 3.8) is 0 Å². The Hall–Kier alpha value is -2.60. The van der Waals surface area contributed by atoms with Crippen LogP contribution in [0, 0.1) is 18.6 Å². The molecule has 2 N–H and O–H groups in total. The highest BCUT2D eigenvalue weighted by atomic mass is 32.1. The van der Waals surface area contributed by atoms with Gasteiger partial charge < -0.3 is 5.32 Å². The molecule has 0 atom stereocenters. The second-order valence-electron chi connectivity index (χ2n) is 4.79. The number of hydrogen-bond acceptors (Lipinski definition) is 2. The van der Waals surface area contributed by atoms with Crippen molar-refractivity contribution in [3.05, 3.63) is 71.3 Å². The number of anilines is 1. The summed E-state index contributed by atoms with van der Waals surface area (Å²) in [5.41, 5.74) is 1.65. The van der Waals surface area contributed by atoms with Crippen LogP contribution in [-0.4, -0.2) is 11.0 Å². The van der Waals surface area contributed by atoms with Gasteiger partial charge in [-0.05, 0) is 60.6 Å². The fourth-order valence-electron chi connectivity index (χ4n) is 1.73. The van der Waals surface area contributed by atoms with Gasteiger partial charge in [0.2, 0.25) is 5.91 Å². The van der Waals surface area contributed by atoms with Crippen molar-refractivity contribution in [1.29, 1.82) is 0 Å². The predicted octanol–water partition coefficient (Wildman–Crippen LogP) is 3.80. The summed E-state index contributed by atoms with van der Waals surface area (Å²) in [5, 5.41) is 5.22. The molecule has 2 aromatic carbocycles. The van der Waals surface area contributed by atoms with Gasteiger partial charge in [0.15, 0.2) is 5.11 Å². The molecule has 0 bridgehead atoms. The molecular formula is C17H14F2N2OS. The van der Waals surface area contributed by atoms with Gasteiger partial charge >= 0.3 is 0 Å². The Balaban J connectivity index is 1.90. The highest BCUT2D eigenvalue weighted by molar-refractivity contribution is 7.80. The van der Waals surface area contributed by atoms with E-state index in [2.05, 4.69) is 10.6 Å². The average Bonchev–Trinajstić information content (AvgIpc) is 2.50. The third-order valence-corrected chi connectivity index (χ3v) is 3.17. The number of rotatable bonds is 3. The molecular weight excluding hydrogens is 318 g/mol. The summed E-state index contributed by atoms with van der Waals surface area (Å²) in [6.45, 7) is 1.65. The summed E-state index contributed by atoms with van der Waals surface area (Å²) in [7, 11) is 0. The van der Waals surface area contributed by atoms with E-state index in [-0.39, 0.29) is 16.7 Å². The summed E-state index contributed by atoms with van der Waals surface area (Å²) in [5.74, 6) is -1.15. The first-order valence-corrected chi connectivity index (χ1v) is 7.16. The lowest BCUT2D eigenvalue weighted by Gasteiger charge is -2.08. The van der Waals surface area contributed by atoms with Gasteiger partial charge in [0.05, 0.1) is 0 Å². The van der Waals surface area contributed by atoms with E-state index in [4.69, 9.17) is 12.2 Å². The Morgan fingerprint density at radius 3 is 2.48 bits per heavy atom. The number of thiocarbonyl (C=S) groups is 1. The van der Waals surface area contributed by atoms with Crippen LogP contribution in [0.4, 0.5) is 14.5 Å². The third kappa shape index (κ3) is 5.27. The number of amides is 1. The smallest absolute Gasteiger partial charge is 0.250 e. The Morgan fingerprint density at radius 1 is 1.13 bits per heavy atom. The number of nitrogens with one attached hydrogen (secondary N) is 2. The van der Waals surface area contributed by atoms with Crippen molar-refractivity contribution in [1.82, 2.24) is 5.32 Å². The summed E-state index contributed by atoms with van der Waals surface area (Å²) in [6, 6.07) is 10.3. The molecule has 0 aliphatic carbocycles. The predicted molar refractivity (Wildman–Crippen MR) is 90.9 cm³/mol. The van der Waals surface area contributed by atoms with Crippen molar-refractivity contribution >= 4 is 35.0 Å². The molecule has 6 heteroatoms. The molecule has 2 aromatic rings. The summed E-state index contributed by atoms with van der Waals surface area (Å²) in [4.78, 5) is 11.7. The fourth-order valence-corrected chi connectivity index (χ4v) is 1.95. The Morgan fingerprint density at radius 2 is 1.83 bits per heavy atom. The highest BCUT2D eigenvalue weighted by Crippen LogP contribution is 2.13. The van der Waals surface area contributed by atoms with Crippen LogP contribution >= 0.6 is 12.2 Å². The van der Waals surface area contributed by atoms with Crippen LogP contribution in [0.3, 0.4) is 0 Å². The van der Waals surface area contributed by atoms with Crippen LogP contribution in [0.1, 0.15) is 11.1 Å². The first-order chi connectivity index (χ1) is 10.9. The van der Waals surface area contributed by atoms with E-state index in [0.29, 0.717) is 16.8 Å². The lowest BCUT2D eigenvalue weighted by molar-refractivity contribution is -0.115. The van der Waals surface area contributed by atoms with Crippen LogP contribution < -0.4 is 10.6 Å². The largest absolute Gasteiger partial charge is 0.332 e. The molecule has 3 nitrogen and oxygen atoms in total. The second kappa shape index (κ2) is 7.60. The molecule has 1 amide bonds. The Kier molecular flexibility index (Phi) is 5.54. The van der Waals surface area contributed by atoms with Gasteiger partial charge in [0.25, 0.3) is 0 Å². The monoisotopic (exact) mass is 332 g/mol. The average molecular weight is 332 g/mol. The van der Waals surface area contributed by atoms with Gasteiger partial charge in [-0.2, -0.15) is 0 Å². The maximum absolute atomic E-state index is 13.4. The molecule has 0 heterocycles. The Labute approximate surface area is 138 Å². The van der Waals surface area contributed by atoms with Gasteiger partial charge in [0.1, 0.15) is 11.6 Å². The molecule has 118 valence electrons. The molecule has 0 aliphatic heterocycles. The topological polar surface area (TPSA) is 41.1 Å². The molecule has 0 radical (unpaired) electrons. The zero-order valence-electron chi connectivity index (χ0n) is 12.3. The number of hydrogen-bond donors (Lipinski definition) is 2. The Bertz CT molecular complexity index is 758. The lowest BCUT2D eigenvalue weighted by atomic mass is 10.2. The number of carbonyl (C=O) groups excluding carboxylic acids is 1. The summed E-state index contributed by atoms with van der Waals surface area (Å²) < 4.78 is 26.2. The first kappa shape index (κ1) is 16.8.